The second kappa shape index (κ2) is 7.40. The van der Waals surface area contributed by atoms with E-state index in [4.69, 9.17) is 33.2 Å². The molecule has 0 aromatic heterocycles. The summed E-state index contributed by atoms with van der Waals surface area (Å²) in [7, 11) is 0. The lowest BCUT2D eigenvalue weighted by Crippen LogP contribution is -2.52. The van der Waals surface area contributed by atoms with Crippen molar-refractivity contribution in [1.82, 2.24) is 0 Å². The largest absolute Gasteiger partial charge is 0.466 e. The number of esters is 1. The zero-order valence-electron chi connectivity index (χ0n) is 17.7. The van der Waals surface area contributed by atoms with Crippen LogP contribution in [0.4, 0.5) is 0 Å². The van der Waals surface area contributed by atoms with Crippen LogP contribution in [0, 0.1) is 11.8 Å². The summed E-state index contributed by atoms with van der Waals surface area (Å²) < 4.78 is 42.1. The summed E-state index contributed by atoms with van der Waals surface area (Å²) in [6.07, 6.45) is -1.65. The molecule has 4 aliphatic rings. The fourth-order valence-electron chi connectivity index (χ4n) is 4.97. The molecule has 4 saturated heterocycles. The van der Waals surface area contributed by atoms with Gasteiger partial charge in [-0.2, -0.15) is 0 Å². The van der Waals surface area contributed by atoms with Gasteiger partial charge in [-0.15, -0.1) is 0 Å². The van der Waals surface area contributed by atoms with Crippen molar-refractivity contribution in [3.8, 4) is 0 Å². The van der Waals surface area contributed by atoms with Crippen LogP contribution in [0.2, 0.25) is 0 Å². The highest BCUT2D eigenvalue weighted by molar-refractivity contribution is 5.75. The van der Waals surface area contributed by atoms with Gasteiger partial charge in [0.15, 0.2) is 11.6 Å². The molecule has 9 nitrogen and oxygen atoms in total. The second-order valence-corrected chi connectivity index (χ2v) is 9.00. The Kier molecular flexibility index (Phi) is 5.47. The van der Waals surface area contributed by atoms with E-state index in [0.29, 0.717) is 13.0 Å². The first-order valence-corrected chi connectivity index (χ1v) is 10.4. The van der Waals surface area contributed by atoms with E-state index in [1.807, 2.05) is 27.7 Å². The number of carbonyl (C=O) groups is 1. The summed E-state index contributed by atoms with van der Waals surface area (Å²) in [5.41, 5.74) is 0. The van der Waals surface area contributed by atoms with Gasteiger partial charge in [-0.25, -0.2) is 0 Å². The molecule has 0 aromatic carbocycles. The van der Waals surface area contributed by atoms with E-state index in [-0.39, 0.29) is 25.7 Å². The van der Waals surface area contributed by atoms with Crippen LogP contribution in [0.15, 0.2) is 0 Å². The topological polar surface area (TPSA) is 102 Å². The minimum Gasteiger partial charge on any atom is -0.466 e. The Morgan fingerprint density at radius 3 is 2.38 bits per heavy atom. The molecular weight excluding hydrogens is 384 g/mol. The highest BCUT2D eigenvalue weighted by atomic mass is 16.8. The Hall–Kier alpha value is -0.810. The van der Waals surface area contributed by atoms with E-state index < -0.39 is 53.7 Å². The molecule has 29 heavy (non-hydrogen) atoms. The molecule has 0 amide bonds. The summed E-state index contributed by atoms with van der Waals surface area (Å²) in [6, 6.07) is 0. The van der Waals surface area contributed by atoms with E-state index in [0.717, 1.165) is 0 Å². The lowest BCUT2D eigenvalue weighted by Gasteiger charge is -2.35. The smallest absolute Gasteiger partial charge is 0.314 e. The number of aliphatic hydroxyl groups is 1. The molecule has 4 fully saturated rings. The highest BCUT2D eigenvalue weighted by Gasteiger charge is 2.73. The van der Waals surface area contributed by atoms with Crippen molar-refractivity contribution < 1.29 is 43.1 Å². The summed E-state index contributed by atoms with van der Waals surface area (Å²) >= 11 is 0. The SMILES string of the molecule is CCOC(=O)[C@@H]1[C@@H](CCO)CO[C@@]12O[C@H]([C@H]1COC(C)(C)O1)[C@H]1OC(C)(C)O[C@H]12. The summed E-state index contributed by atoms with van der Waals surface area (Å²) in [4.78, 5) is 13.0. The monoisotopic (exact) mass is 416 g/mol. The van der Waals surface area contributed by atoms with Crippen LogP contribution in [-0.4, -0.2) is 79.3 Å². The van der Waals surface area contributed by atoms with E-state index in [1.54, 1.807) is 6.92 Å². The zero-order valence-corrected chi connectivity index (χ0v) is 17.7. The van der Waals surface area contributed by atoms with Crippen molar-refractivity contribution >= 4 is 5.97 Å². The normalized spacial score (nSPS) is 45.0. The first kappa shape index (κ1) is 21.4. The highest BCUT2D eigenvalue weighted by Crippen LogP contribution is 2.54. The fraction of sp³-hybridized carbons (Fsp3) is 0.950. The van der Waals surface area contributed by atoms with Crippen molar-refractivity contribution in [3.05, 3.63) is 0 Å². The lowest BCUT2D eigenvalue weighted by molar-refractivity contribution is -0.299. The van der Waals surface area contributed by atoms with Crippen molar-refractivity contribution in [1.29, 1.82) is 0 Å². The van der Waals surface area contributed by atoms with Crippen LogP contribution in [0.1, 0.15) is 41.0 Å². The van der Waals surface area contributed by atoms with Crippen LogP contribution in [0.5, 0.6) is 0 Å². The first-order chi connectivity index (χ1) is 13.6. The summed E-state index contributed by atoms with van der Waals surface area (Å²) in [6.45, 7) is 9.87. The van der Waals surface area contributed by atoms with Crippen LogP contribution >= 0.6 is 0 Å². The van der Waals surface area contributed by atoms with E-state index in [9.17, 15) is 9.90 Å². The number of hydrogen-bond acceptors (Lipinski definition) is 9. The van der Waals surface area contributed by atoms with Crippen LogP contribution in [-0.2, 0) is 38.0 Å². The Morgan fingerprint density at radius 2 is 1.76 bits per heavy atom. The second-order valence-electron chi connectivity index (χ2n) is 9.00. The minimum absolute atomic E-state index is 0.0614. The van der Waals surface area contributed by atoms with Gasteiger partial charge in [0.25, 0.3) is 0 Å². The molecule has 4 heterocycles. The molecule has 1 N–H and O–H groups in total. The number of carbonyl (C=O) groups excluding carboxylic acids is 1. The minimum atomic E-state index is -1.36. The molecule has 4 rings (SSSR count). The first-order valence-electron chi connectivity index (χ1n) is 10.4. The van der Waals surface area contributed by atoms with Gasteiger partial charge in [0.1, 0.15) is 30.3 Å². The molecule has 166 valence electrons. The maximum absolute atomic E-state index is 13.0. The number of aliphatic hydroxyl groups excluding tert-OH is 1. The third-order valence-corrected chi connectivity index (χ3v) is 6.03. The predicted molar refractivity (Wildman–Crippen MR) is 97.6 cm³/mol. The van der Waals surface area contributed by atoms with Gasteiger partial charge in [0.2, 0.25) is 5.79 Å². The molecule has 0 aromatic rings. The van der Waals surface area contributed by atoms with Crippen LogP contribution in [0.3, 0.4) is 0 Å². The fourth-order valence-corrected chi connectivity index (χ4v) is 4.97. The van der Waals surface area contributed by atoms with Crippen molar-refractivity contribution in [2.75, 3.05) is 26.4 Å². The third-order valence-electron chi connectivity index (χ3n) is 6.03. The van der Waals surface area contributed by atoms with E-state index >= 15 is 0 Å². The average Bonchev–Trinajstić information content (AvgIpc) is 3.32. The van der Waals surface area contributed by atoms with Gasteiger partial charge in [-0.1, -0.05) is 0 Å². The molecule has 0 bridgehead atoms. The van der Waals surface area contributed by atoms with Gasteiger partial charge in [-0.3, -0.25) is 4.79 Å². The quantitative estimate of drug-likeness (QED) is 0.657. The summed E-state index contributed by atoms with van der Waals surface area (Å²) in [5.74, 6) is -4.35. The third kappa shape index (κ3) is 3.60. The Labute approximate surface area is 170 Å². The standard InChI is InChI=1S/C20H32O9/c1-6-23-17(22)13-11(7-8-21)9-25-20(13)16-15(27-19(4,5)29-16)14(28-20)12-10-24-18(2,3)26-12/h11-16,21H,6-10H2,1-5H3/t11-,12+,13-,14+,15+,16+,20+/m0/s1. The van der Waals surface area contributed by atoms with Crippen molar-refractivity contribution in [2.45, 2.75) is 82.8 Å². The molecule has 7 atom stereocenters. The molecule has 1 spiro atoms. The number of fused-ring (bicyclic) bond motifs is 2. The predicted octanol–water partition coefficient (Wildman–Crippen LogP) is 0.961. The molecule has 0 unspecified atom stereocenters. The van der Waals surface area contributed by atoms with Crippen LogP contribution in [0.25, 0.3) is 0 Å². The van der Waals surface area contributed by atoms with Gasteiger partial charge in [-0.05, 0) is 41.0 Å². The van der Waals surface area contributed by atoms with Crippen molar-refractivity contribution in [2.24, 2.45) is 11.8 Å². The molecule has 0 aliphatic carbocycles. The number of ether oxygens (including phenoxy) is 7. The zero-order chi connectivity index (χ0) is 21.0. The van der Waals surface area contributed by atoms with Gasteiger partial charge in [0.05, 0.1) is 19.8 Å². The number of hydrogen-bond donors (Lipinski definition) is 1. The molecule has 4 aliphatic heterocycles. The lowest BCUT2D eigenvalue weighted by atomic mass is 9.83. The average molecular weight is 416 g/mol. The maximum atomic E-state index is 13.0. The van der Waals surface area contributed by atoms with Gasteiger partial charge >= 0.3 is 5.97 Å². The Bertz CT molecular complexity index is 635. The number of rotatable bonds is 5. The van der Waals surface area contributed by atoms with Gasteiger partial charge < -0.3 is 38.3 Å². The Balaban J connectivity index is 1.68. The molecule has 0 radical (unpaired) electrons. The van der Waals surface area contributed by atoms with Gasteiger partial charge in [0, 0.05) is 12.5 Å². The Morgan fingerprint density at radius 1 is 1.00 bits per heavy atom. The maximum Gasteiger partial charge on any atom is 0.314 e. The summed E-state index contributed by atoms with van der Waals surface area (Å²) in [5, 5.41) is 9.50. The van der Waals surface area contributed by atoms with E-state index in [2.05, 4.69) is 0 Å². The van der Waals surface area contributed by atoms with E-state index in [1.165, 1.54) is 0 Å². The molecular formula is C20H32O9. The molecule has 0 saturated carbocycles. The molecule has 9 heteroatoms. The van der Waals surface area contributed by atoms with Crippen LogP contribution < -0.4 is 0 Å². The van der Waals surface area contributed by atoms with Crippen molar-refractivity contribution in [3.63, 3.8) is 0 Å².